The minimum Gasteiger partial charge on any atom is -0.466 e. The van der Waals surface area contributed by atoms with Crippen molar-refractivity contribution >= 4 is 17.3 Å². The van der Waals surface area contributed by atoms with E-state index in [4.69, 9.17) is 4.74 Å². The molecule has 0 saturated heterocycles. The molecule has 3 aromatic carbocycles. The van der Waals surface area contributed by atoms with E-state index < -0.39 is 0 Å². The van der Waals surface area contributed by atoms with Crippen LogP contribution < -0.4 is 10.2 Å². The Morgan fingerprint density at radius 3 is 2.70 bits per heavy atom. The van der Waals surface area contributed by atoms with E-state index in [0.29, 0.717) is 25.1 Å². The van der Waals surface area contributed by atoms with Gasteiger partial charge in [0.05, 0.1) is 18.0 Å². The highest BCUT2D eigenvalue weighted by molar-refractivity contribution is 5.75. The average Bonchev–Trinajstić information content (AvgIpc) is 2.83. The fourth-order valence-corrected chi connectivity index (χ4v) is 4.41. The maximum Gasteiger partial charge on any atom is 0.306 e. The number of carbonyl (C=O) groups excluding carboxylic acids is 1. The second-order valence-corrected chi connectivity index (χ2v) is 8.41. The van der Waals surface area contributed by atoms with Crippen molar-refractivity contribution in [2.24, 2.45) is 0 Å². The van der Waals surface area contributed by atoms with Gasteiger partial charge < -0.3 is 15.0 Å². The Balaban J connectivity index is 1.45. The molecule has 33 heavy (non-hydrogen) atoms. The summed E-state index contributed by atoms with van der Waals surface area (Å²) >= 11 is 0. The summed E-state index contributed by atoms with van der Waals surface area (Å²) in [6.07, 6.45) is 2.75. The van der Waals surface area contributed by atoms with Crippen LogP contribution in [0.3, 0.4) is 0 Å². The third-order valence-corrected chi connectivity index (χ3v) is 6.03. The number of nitrogens with zero attached hydrogens (tertiary/aromatic N) is 1. The van der Waals surface area contributed by atoms with E-state index in [1.54, 1.807) is 19.1 Å². The topological polar surface area (TPSA) is 41.6 Å². The number of para-hydroxylation sites is 1. The molecule has 1 N–H and O–H groups in total. The predicted molar refractivity (Wildman–Crippen MR) is 131 cm³/mol. The quantitative estimate of drug-likeness (QED) is 0.417. The molecule has 0 unspecified atom stereocenters. The van der Waals surface area contributed by atoms with E-state index in [-0.39, 0.29) is 18.2 Å². The molecule has 1 aliphatic rings. The smallest absolute Gasteiger partial charge is 0.306 e. The van der Waals surface area contributed by atoms with Gasteiger partial charge in [-0.3, -0.25) is 4.79 Å². The van der Waals surface area contributed by atoms with E-state index in [2.05, 4.69) is 52.7 Å². The molecular formula is C28H31FN2O2. The molecule has 0 spiro atoms. The van der Waals surface area contributed by atoms with Gasteiger partial charge in [0.15, 0.2) is 0 Å². The second-order valence-electron chi connectivity index (χ2n) is 8.41. The highest BCUT2D eigenvalue weighted by Crippen LogP contribution is 2.36. The molecule has 0 radical (unpaired) electrons. The normalized spacial score (nSPS) is 12.8. The van der Waals surface area contributed by atoms with Gasteiger partial charge in [-0.1, -0.05) is 54.6 Å². The first-order valence-corrected chi connectivity index (χ1v) is 11.7. The molecule has 0 bridgehead atoms. The van der Waals surface area contributed by atoms with Gasteiger partial charge in [-0.25, -0.2) is 4.39 Å². The monoisotopic (exact) mass is 446 g/mol. The molecule has 4 nitrogen and oxygen atoms in total. The van der Waals surface area contributed by atoms with Crippen molar-refractivity contribution in [1.29, 1.82) is 0 Å². The Kier molecular flexibility index (Phi) is 7.61. The van der Waals surface area contributed by atoms with E-state index in [1.807, 2.05) is 12.1 Å². The minimum absolute atomic E-state index is 0.190. The van der Waals surface area contributed by atoms with Gasteiger partial charge in [-0.2, -0.15) is 0 Å². The van der Waals surface area contributed by atoms with Crippen LogP contribution in [0.5, 0.6) is 0 Å². The standard InChI is InChI=1S/C28H31FN2O2/c1-2-33-27(32)16-15-23-14-13-22(18-25(23)29)19-30-26-12-6-10-24-11-7-17-31(28(24)26)20-21-8-4-3-5-9-21/h3-6,8-10,12-14,18,30H,2,7,11,15-17,19-20H2,1H3. The number of hydrogen-bond donors (Lipinski definition) is 1. The summed E-state index contributed by atoms with van der Waals surface area (Å²) in [6, 6.07) is 22.2. The fraction of sp³-hybridized carbons (Fsp3) is 0.321. The summed E-state index contributed by atoms with van der Waals surface area (Å²) in [5.41, 5.74) is 6.38. The molecule has 0 aliphatic carbocycles. The molecule has 0 aromatic heterocycles. The second kappa shape index (κ2) is 11.0. The number of fused-ring (bicyclic) bond motifs is 1. The summed E-state index contributed by atoms with van der Waals surface area (Å²) in [7, 11) is 0. The number of hydrogen-bond acceptors (Lipinski definition) is 4. The van der Waals surface area contributed by atoms with Crippen molar-refractivity contribution in [1.82, 2.24) is 0 Å². The molecule has 5 heteroatoms. The third-order valence-electron chi connectivity index (χ3n) is 6.03. The van der Waals surface area contributed by atoms with Crippen LogP contribution in [0.2, 0.25) is 0 Å². The maximum atomic E-state index is 14.6. The molecule has 1 aliphatic heterocycles. The summed E-state index contributed by atoms with van der Waals surface area (Å²) in [6.45, 7) is 4.54. The van der Waals surface area contributed by atoms with Crippen LogP contribution >= 0.6 is 0 Å². The number of carbonyl (C=O) groups is 1. The molecule has 3 aromatic rings. The predicted octanol–water partition coefficient (Wildman–Crippen LogP) is 5.89. The zero-order chi connectivity index (χ0) is 23.0. The SMILES string of the molecule is CCOC(=O)CCc1ccc(CNc2cccc3c2N(Cc2ccccc2)CCC3)cc1F. The molecule has 1 heterocycles. The summed E-state index contributed by atoms with van der Waals surface area (Å²) < 4.78 is 19.5. The summed E-state index contributed by atoms with van der Waals surface area (Å²) in [4.78, 5) is 14.0. The van der Waals surface area contributed by atoms with Crippen LogP contribution in [0.25, 0.3) is 0 Å². The maximum absolute atomic E-state index is 14.6. The number of esters is 1. The van der Waals surface area contributed by atoms with Gasteiger partial charge in [-0.05, 0) is 60.6 Å². The van der Waals surface area contributed by atoms with E-state index in [9.17, 15) is 9.18 Å². The number of nitrogens with one attached hydrogen (secondary N) is 1. The van der Waals surface area contributed by atoms with E-state index >= 15 is 0 Å². The van der Waals surface area contributed by atoms with Crippen LogP contribution in [0, 0.1) is 5.82 Å². The highest BCUT2D eigenvalue weighted by Gasteiger charge is 2.20. The number of rotatable bonds is 9. The van der Waals surface area contributed by atoms with Crippen LogP contribution in [0.15, 0.2) is 66.7 Å². The first-order chi connectivity index (χ1) is 16.1. The lowest BCUT2D eigenvalue weighted by atomic mass is 9.99. The van der Waals surface area contributed by atoms with Gasteiger partial charge >= 0.3 is 5.97 Å². The van der Waals surface area contributed by atoms with Gasteiger partial charge in [0, 0.05) is 26.1 Å². The van der Waals surface area contributed by atoms with Crippen LogP contribution in [0.4, 0.5) is 15.8 Å². The van der Waals surface area contributed by atoms with Crippen LogP contribution in [-0.4, -0.2) is 19.1 Å². The summed E-state index contributed by atoms with van der Waals surface area (Å²) in [5, 5.41) is 3.54. The molecule has 0 amide bonds. The zero-order valence-electron chi connectivity index (χ0n) is 19.1. The van der Waals surface area contributed by atoms with Crippen molar-refractivity contribution in [3.05, 3.63) is 94.8 Å². The van der Waals surface area contributed by atoms with E-state index in [1.165, 1.54) is 16.8 Å². The Labute approximate surface area is 195 Å². The van der Waals surface area contributed by atoms with Gasteiger partial charge in [-0.15, -0.1) is 0 Å². The Hall–Kier alpha value is -3.34. The van der Waals surface area contributed by atoms with Crippen LogP contribution in [0.1, 0.15) is 42.0 Å². The molecule has 0 saturated carbocycles. The zero-order valence-corrected chi connectivity index (χ0v) is 19.1. The van der Waals surface area contributed by atoms with Gasteiger partial charge in [0.1, 0.15) is 5.82 Å². The van der Waals surface area contributed by atoms with Crippen molar-refractivity contribution in [2.45, 2.75) is 45.7 Å². The minimum atomic E-state index is -0.295. The number of anilines is 2. The largest absolute Gasteiger partial charge is 0.466 e. The molecule has 4 rings (SSSR count). The Bertz CT molecular complexity index is 1080. The fourth-order valence-electron chi connectivity index (χ4n) is 4.41. The number of halogens is 1. The molecular weight excluding hydrogens is 415 g/mol. The number of ether oxygens (including phenoxy) is 1. The molecule has 172 valence electrons. The molecule has 0 atom stereocenters. The van der Waals surface area contributed by atoms with Gasteiger partial charge in [0.2, 0.25) is 0 Å². The first kappa shape index (κ1) is 22.8. The van der Waals surface area contributed by atoms with Crippen molar-refractivity contribution in [3.63, 3.8) is 0 Å². The average molecular weight is 447 g/mol. The van der Waals surface area contributed by atoms with Crippen molar-refractivity contribution in [2.75, 3.05) is 23.4 Å². The first-order valence-electron chi connectivity index (χ1n) is 11.7. The van der Waals surface area contributed by atoms with E-state index in [0.717, 1.165) is 37.2 Å². The Morgan fingerprint density at radius 2 is 1.91 bits per heavy atom. The number of benzene rings is 3. The van der Waals surface area contributed by atoms with Crippen LogP contribution in [-0.2, 0) is 35.5 Å². The van der Waals surface area contributed by atoms with Gasteiger partial charge in [0.25, 0.3) is 0 Å². The Morgan fingerprint density at radius 1 is 1.06 bits per heavy atom. The molecule has 0 fully saturated rings. The van der Waals surface area contributed by atoms with Crippen molar-refractivity contribution in [3.8, 4) is 0 Å². The lowest BCUT2D eigenvalue weighted by Gasteiger charge is -2.33. The summed E-state index contributed by atoms with van der Waals surface area (Å²) in [5.74, 6) is -0.573. The lowest BCUT2D eigenvalue weighted by molar-refractivity contribution is -0.143. The highest BCUT2D eigenvalue weighted by atomic mass is 19.1. The van der Waals surface area contributed by atoms with Crippen molar-refractivity contribution < 1.29 is 13.9 Å². The lowest BCUT2D eigenvalue weighted by Crippen LogP contribution is -2.29. The third kappa shape index (κ3) is 5.92. The number of aryl methyl sites for hydroxylation is 2.